The second-order valence-corrected chi connectivity index (χ2v) is 17.4. The summed E-state index contributed by atoms with van der Waals surface area (Å²) in [4.78, 5) is 9.00. The van der Waals surface area contributed by atoms with Crippen molar-refractivity contribution in [3.63, 3.8) is 0 Å². The molecular weight excluding hydrogens is 756 g/mol. The zero-order valence-corrected chi connectivity index (χ0v) is 28.7. The summed E-state index contributed by atoms with van der Waals surface area (Å²) >= 11 is 1.55. The van der Waals surface area contributed by atoms with Gasteiger partial charge in [-0.1, -0.05) is 73.6 Å². The van der Waals surface area contributed by atoms with Gasteiger partial charge in [-0.25, -0.2) is 4.39 Å². The number of hydrogen-bond acceptors (Lipinski definition) is 3. The van der Waals surface area contributed by atoms with E-state index in [1.807, 2.05) is 72.9 Å². The molecule has 0 aliphatic rings. The molecule has 3 heterocycles. The van der Waals surface area contributed by atoms with E-state index in [0.29, 0.717) is 11.3 Å². The van der Waals surface area contributed by atoms with Gasteiger partial charge < -0.3 is 9.97 Å². The SMILES string of the molecule is C[Si](C)(C)c1ccc(-c2[c-]cccc2)nc1.[2H]C([2H])([2H])c1cnc(-c2[c-]ccc3c2sc2ccc(F)cc23)cc1-c1ccccc1.[Ir]. The minimum atomic E-state index is -2.28. The molecule has 0 saturated heterocycles. The van der Waals surface area contributed by atoms with Crippen molar-refractivity contribution in [2.45, 2.75) is 26.5 Å². The third kappa shape index (κ3) is 6.79. The summed E-state index contributed by atoms with van der Waals surface area (Å²) < 4.78 is 39.5. The number of aryl methyl sites for hydroxylation is 1. The number of rotatable bonds is 4. The summed E-state index contributed by atoms with van der Waals surface area (Å²) in [6, 6.07) is 38.4. The van der Waals surface area contributed by atoms with Gasteiger partial charge in [0.25, 0.3) is 0 Å². The number of nitrogens with zero attached hydrogens (tertiary/aromatic N) is 2. The number of aromatic nitrogens is 2. The topological polar surface area (TPSA) is 25.8 Å². The van der Waals surface area contributed by atoms with Crippen molar-refractivity contribution in [3.05, 3.63) is 139 Å². The summed E-state index contributed by atoms with van der Waals surface area (Å²) in [6.07, 6.45) is 3.45. The summed E-state index contributed by atoms with van der Waals surface area (Å²) in [5, 5.41) is 3.19. The molecule has 0 unspecified atom stereocenters. The Hall–Kier alpha value is -3.80. The Morgan fingerprint density at radius 3 is 2.27 bits per heavy atom. The Labute approximate surface area is 281 Å². The summed E-state index contributed by atoms with van der Waals surface area (Å²) in [6.45, 7) is 4.72. The Morgan fingerprint density at radius 1 is 0.773 bits per heavy atom. The van der Waals surface area contributed by atoms with E-state index in [9.17, 15) is 4.39 Å². The van der Waals surface area contributed by atoms with Gasteiger partial charge in [0.2, 0.25) is 0 Å². The van der Waals surface area contributed by atoms with E-state index < -0.39 is 14.9 Å². The van der Waals surface area contributed by atoms with Crippen LogP contribution in [0.25, 0.3) is 53.8 Å². The average molecular weight is 790 g/mol. The molecule has 7 aromatic rings. The molecule has 44 heavy (non-hydrogen) atoms. The van der Waals surface area contributed by atoms with Crippen LogP contribution in [0.4, 0.5) is 4.39 Å². The molecule has 2 nitrogen and oxygen atoms in total. The van der Waals surface area contributed by atoms with E-state index in [2.05, 4.69) is 53.9 Å². The Balaban J connectivity index is 0.000000217. The molecule has 7 rings (SSSR count). The molecule has 0 spiro atoms. The third-order valence-corrected chi connectivity index (χ3v) is 10.5. The number of halogens is 1. The van der Waals surface area contributed by atoms with E-state index in [1.54, 1.807) is 29.5 Å². The van der Waals surface area contributed by atoms with Crippen LogP contribution in [-0.4, -0.2) is 18.0 Å². The zero-order chi connectivity index (χ0) is 32.5. The minimum absolute atomic E-state index is 0. The largest absolute Gasteiger partial charge is 0.305 e. The first-order valence-electron chi connectivity index (χ1n) is 15.5. The maximum atomic E-state index is 13.8. The van der Waals surface area contributed by atoms with Crippen molar-refractivity contribution >= 4 is 44.8 Å². The van der Waals surface area contributed by atoms with E-state index in [0.717, 1.165) is 42.6 Å². The molecule has 0 atom stereocenters. The molecule has 0 aliphatic heterocycles. The van der Waals surface area contributed by atoms with Crippen molar-refractivity contribution in [3.8, 4) is 33.6 Å². The van der Waals surface area contributed by atoms with Crippen molar-refractivity contribution in [2.75, 3.05) is 0 Å². The predicted octanol–water partition coefficient (Wildman–Crippen LogP) is 10.1. The molecule has 0 fully saturated rings. The summed E-state index contributed by atoms with van der Waals surface area (Å²) in [5.74, 6) is -0.275. The van der Waals surface area contributed by atoms with Gasteiger partial charge in [0.05, 0.1) is 8.07 Å². The van der Waals surface area contributed by atoms with Crippen LogP contribution < -0.4 is 5.19 Å². The van der Waals surface area contributed by atoms with Gasteiger partial charge in [-0.2, -0.15) is 11.3 Å². The Morgan fingerprint density at radius 2 is 1.57 bits per heavy atom. The van der Waals surface area contributed by atoms with E-state index >= 15 is 0 Å². The number of pyridine rings is 2. The standard InChI is InChI=1S/C24H15FNS.C14H16NSi.Ir/c1-15-14-26-22(13-20(15)16-6-3-2-4-7-16)19-9-5-8-18-21-12-17(25)10-11-23(21)27-24(18)19;1-16(2,3)13-9-10-14(15-11-13)12-7-5-4-6-8-12;/h2-8,10-14H,1H3;4-7,9-11H,1-3H3;/q2*-1;/i1D3;;. The van der Waals surface area contributed by atoms with Gasteiger partial charge in [-0.15, -0.1) is 59.7 Å². The molecule has 1 radical (unpaired) electrons. The van der Waals surface area contributed by atoms with Crippen LogP contribution in [0, 0.1) is 24.8 Å². The first-order chi connectivity index (χ1) is 22.0. The van der Waals surface area contributed by atoms with Crippen molar-refractivity contribution in [1.82, 2.24) is 9.97 Å². The van der Waals surface area contributed by atoms with Gasteiger partial charge in [0.1, 0.15) is 5.82 Å². The Kier molecular flexibility index (Phi) is 8.48. The molecule has 221 valence electrons. The number of hydrogen-bond donors (Lipinski definition) is 0. The predicted molar refractivity (Wildman–Crippen MR) is 183 cm³/mol. The van der Waals surface area contributed by atoms with Crippen LogP contribution >= 0.6 is 11.3 Å². The van der Waals surface area contributed by atoms with Crippen LogP contribution in [-0.2, 0) is 20.1 Å². The molecule has 4 aromatic carbocycles. The normalized spacial score (nSPS) is 12.4. The molecule has 0 bridgehead atoms. The third-order valence-electron chi connectivity index (χ3n) is 7.25. The molecule has 6 heteroatoms. The molecule has 0 N–H and O–H groups in total. The summed E-state index contributed by atoms with van der Waals surface area (Å²) in [5.41, 5.74) is 5.13. The monoisotopic (exact) mass is 790 g/mol. The van der Waals surface area contributed by atoms with Crippen LogP contribution in [0.15, 0.2) is 116 Å². The van der Waals surface area contributed by atoms with Gasteiger partial charge in [-0.3, -0.25) is 0 Å². The van der Waals surface area contributed by atoms with Gasteiger partial charge in [-0.05, 0) is 68.4 Å². The van der Waals surface area contributed by atoms with Crippen LogP contribution in [0.2, 0.25) is 19.6 Å². The number of benzene rings is 4. The van der Waals surface area contributed by atoms with Crippen molar-refractivity contribution in [1.29, 1.82) is 0 Å². The fourth-order valence-corrected chi connectivity index (χ4v) is 7.13. The maximum Gasteiger partial charge on any atom is 0.123 e. The maximum absolute atomic E-state index is 13.8. The molecule has 0 saturated carbocycles. The molecule has 3 aromatic heterocycles. The fourth-order valence-electron chi connectivity index (χ4n) is 4.90. The second-order valence-electron chi connectivity index (χ2n) is 11.3. The van der Waals surface area contributed by atoms with Crippen molar-refractivity contribution in [2.24, 2.45) is 0 Å². The summed E-state index contributed by atoms with van der Waals surface area (Å²) in [7, 11) is -1.23. The Bertz CT molecular complexity index is 2130. The first kappa shape index (κ1) is 27.7. The quantitative estimate of drug-likeness (QED) is 0.131. The minimum Gasteiger partial charge on any atom is -0.305 e. The fraction of sp³-hybridized carbons (Fsp3) is 0.105. The van der Waals surface area contributed by atoms with Crippen LogP contribution in [0.1, 0.15) is 9.68 Å². The average Bonchev–Trinajstić information content (AvgIpc) is 3.43. The van der Waals surface area contributed by atoms with Crippen LogP contribution in [0.3, 0.4) is 0 Å². The smallest absolute Gasteiger partial charge is 0.123 e. The number of thiophene rings is 1. The first-order valence-corrected chi connectivity index (χ1v) is 18.3. The molecular formula is C38H31FIrN2SSi-2. The zero-order valence-electron chi connectivity index (χ0n) is 27.5. The van der Waals surface area contributed by atoms with E-state index in [1.165, 1.54) is 17.4 Å². The van der Waals surface area contributed by atoms with Gasteiger partial charge >= 0.3 is 0 Å². The van der Waals surface area contributed by atoms with Crippen LogP contribution in [0.5, 0.6) is 0 Å². The van der Waals surface area contributed by atoms with Gasteiger partial charge in [0, 0.05) is 41.3 Å². The molecule has 0 aliphatic carbocycles. The second kappa shape index (κ2) is 13.5. The molecule has 0 amide bonds. The van der Waals surface area contributed by atoms with E-state index in [4.69, 9.17) is 4.11 Å². The van der Waals surface area contributed by atoms with Crippen molar-refractivity contribution < 1.29 is 28.6 Å². The van der Waals surface area contributed by atoms with E-state index in [-0.39, 0.29) is 31.5 Å². The number of fused-ring (bicyclic) bond motifs is 3. The van der Waals surface area contributed by atoms with Gasteiger partial charge in [0.15, 0.2) is 0 Å².